The van der Waals surface area contributed by atoms with Gasteiger partial charge in [-0.2, -0.15) is 0 Å². The number of aromatic nitrogens is 5. The van der Waals surface area contributed by atoms with E-state index in [-0.39, 0.29) is 11.9 Å². The Labute approximate surface area is 172 Å². The second-order valence-electron chi connectivity index (χ2n) is 7.14. The fourth-order valence-electron chi connectivity index (χ4n) is 3.64. The van der Waals surface area contributed by atoms with Crippen molar-refractivity contribution in [3.63, 3.8) is 0 Å². The lowest BCUT2D eigenvalue weighted by atomic mass is 10.2. The van der Waals surface area contributed by atoms with Crippen LogP contribution in [0.1, 0.15) is 27.8 Å². The van der Waals surface area contributed by atoms with E-state index in [4.69, 9.17) is 0 Å². The number of hydrogen-bond acceptors (Lipinski definition) is 5. The first-order chi connectivity index (χ1) is 14.2. The number of nitrogens with zero attached hydrogens (tertiary/aromatic N) is 6. The van der Waals surface area contributed by atoms with Crippen LogP contribution in [-0.2, 0) is 0 Å². The lowest BCUT2D eigenvalue weighted by Gasteiger charge is -2.15. The molecule has 4 aromatic rings. The van der Waals surface area contributed by atoms with Gasteiger partial charge < -0.3 is 9.47 Å². The predicted molar refractivity (Wildman–Crippen MR) is 111 cm³/mol. The number of aryl methyl sites for hydroxylation is 1. The summed E-state index contributed by atoms with van der Waals surface area (Å²) in [6.07, 6.45) is 6.71. The summed E-state index contributed by atoms with van der Waals surface area (Å²) in [5.74, 6) is 0.0457. The van der Waals surface area contributed by atoms with Gasteiger partial charge in [-0.05, 0) is 25.5 Å². The van der Waals surface area contributed by atoms with Crippen molar-refractivity contribution in [3.8, 4) is 16.4 Å². The highest BCUT2D eigenvalue weighted by Crippen LogP contribution is 2.28. The summed E-state index contributed by atoms with van der Waals surface area (Å²) in [4.78, 5) is 20.3. The molecule has 8 heteroatoms. The van der Waals surface area contributed by atoms with Crippen LogP contribution in [0.4, 0.5) is 0 Å². The second-order valence-corrected chi connectivity index (χ2v) is 8.12. The van der Waals surface area contributed by atoms with E-state index in [0.717, 1.165) is 28.5 Å². The summed E-state index contributed by atoms with van der Waals surface area (Å²) in [7, 11) is 0. The molecule has 1 amide bonds. The summed E-state index contributed by atoms with van der Waals surface area (Å²) >= 11 is 1.44. The van der Waals surface area contributed by atoms with Gasteiger partial charge in [-0.25, -0.2) is 9.67 Å². The summed E-state index contributed by atoms with van der Waals surface area (Å²) in [5, 5.41) is 9.43. The van der Waals surface area contributed by atoms with Crippen LogP contribution in [-0.4, -0.2) is 48.4 Å². The van der Waals surface area contributed by atoms with Crippen LogP contribution in [0.2, 0.25) is 0 Å². The van der Waals surface area contributed by atoms with E-state index in [1.165, 1.54) is 11.3 Å². The molecule has 1 unspecified atom stereocenters. The molecule has 0 bridgehead atoms. The molecule has 5 rings (SSSR count). The van der Waals surface area contributed by atoms with Crippen molar-refractivity contribution in [2.45, 2.75) is 19.4 Å². The Bertz CT molecular complexity index is 1130. The summed E-state index contributed by atoms with van der Waals surface area (Å²) in [6.45, 7) is 3.24. The summed E-state index contributed by atoms with van der Waals surface area (Å²) in [5.41, 5.74) is 2.67. The number of benzene rings is 1. The molecule has 4 heterocycles. The van der Waals surface area contributed by atoms with E-state index in [9.17, 15) is 4.79 Å². The molecule has 1 fully saturated rings. The molecule has 0 spiro atoms. The topological polar surface area (TPSA) is 68.8 Å². The number of amides is 1. The first kappa shape index (κ1) is 17.8. The smallest absolute Gasteiger partial charge is 0.265 e. The van der Waals surface area contributed by atoms with Gasteiger partial charge in [0.25, 0.3) is 5.91 Å². The number of thiazole rings is 1. The standard InChI is InChI=1S/C21H20N6OS/c1-15-19(29-21(22-15)25-10-5-6-11-25)20(28)26-12-9-17(13-26)27-14-18(23-24-27)16-7-3-2-4-8-16/h2-8,10-11,14,17H,9,12-13H2,1H3. The van der Waals surface area contributed by atoms with Gasteiger partial charge in [-0.15, -0.1) is 5.10 Å². The van der Waals surface area contributed by atoms with E-state index in [0.29, 0.717) is 18.0 Å². The number of hydrogen-bond donors (Lipinski definition) is 0. The van der Waals surface area contributed by atoms with Crippen LogP contribution < -0.4 is 0 Å². The molecule has 0 N–H and O–H groups in total. The zero-order valence-electron chi connectivity index (χ0n) is 16.0. The highest BCUT2D eigenvalue weighted by atomic mass is 32.1. The number of carbonyl (C=O) groups is 1. The Kier molecular flexibility index (Phi) is 4.48. The minimum atomic E-state index is 0.0457. The van der Waals surface area contributed by atoms with Crippen molar-refractivity contribution in [2.75, 3.05) is 13.1 Å². The quantitative estimate of drug-likeness (QED) is 0.521. The Balaban J connectivity index is 1.31. The zero-order chi connectivity index (χ0) is 19.8. The van der Waals surface area contributed by atoms with Crippen LogP contribution in [0.15, 0.2) is 61.1 Å². The average Bonchev–Trinajstić information content (AvgIpc) is 3.54. The maximum absolute atomic E-state index is 13.1. The van der Waals surface area contributed by atoms with Gasteiger partial charge in [0, 0.05) is 31.0 Å². The van der Waals surface area contributed by atoms with E-state index in [1.807, 2.05) is 82.1 Å². The maximum Gasteiger partial charge on any atom is 0.265 e. The summed E-state index contributed by atoms with van der Waals surface area (Å²) in [6, 6.07) is 14.0. The van der Waals surface area contributed by atoms with Crippen LogP contribution in [0.25, 0.3) is 16.4 Å². The number of likely N-dealkylation sites (tertiary alicyclic amines) is 1. The van der Waals surface area contributed by atoms with Gasteiger partial charge >= 0.3 is 0 Å². The molecule has 1 atom stereocenters. The van der Waals surface area contributed by atoms with E-state index >= 15 is 0 Å². The molecule has 0 saturated carbocycles. The van der Waals surface area contributed by atoms with Gasteiger partial charge in [0.1, 0.15) is 10.6 Å². The predicted octanol–water partition coefficient (Wildman–Crippen LogP) is 3.59. The van der Waals surface area contributed by atoms with Crippen molar-refractivity contribution in [1.29, 1.82) is 0 Å². The highest BCUT2D eigenvalue weighted by molar-refractivity contribution is 7.16. The molecule has 1 saturated heterocycles. The highest BCUT2D eigenvalue weighted by Gasteiger charge is 2.31. The first-order valence-electron chi connectivity index (χ1n) is 9.56. The van der Waals surface area contributed by atoms with Gasteiger partial charge in [-0.1, -0.05) is 46.9 Å². The summed E-state index contributed by atoms with van der Waals surface area (Å²) < 4.78 is 3.82. The van der Waals surface area contributed by atoms with Crippen LogP contribution >= 0.6 is 11.3 Å². The van der Waals surface area contributed by atoms with Crippen molar-refractivity contribution in [3.05, 3.63) is 71.6 Å². The molecule has 3 aromatic heterocycles. The molecule has 0 aliphatic carbocycles. The Morgan fingerprint density at radius 3 is 2.72 bits per heavy atom. The number of rotatable bonds is 4. The molecular formula is C21H20N6OS. The molecule has 1 aliphatic heterocycles. The maximum atomic E-state index is 13.1. The van der Waals surface area contributed by atoms with Crippen molar-refractivity contribution >= 4 is 17.2 Å². The van der Waals surface area contributed by atoms with Crippen molar-refractivity contribution in [1.82, 2.24) is 29.4 Å². The Morgan fingerprint density at radius 2 is 1.93 bits per heavy atom. The largest absolute Gasteiger partial charge is 0.336 e. The van der Waals surface area contributed by atoms with Gasteiger partial charge in [0.15, 0.2) is 5.13 Å². The molecule has 1 aromatic carbocycles. The monoisotopic (exact) mass is 404 g/mol. The fourth-order valence-corrected chi connectivity index (χ4v) is 4.64. The van der Waals surface area contributed by atoms with Crippen LogP contribution in [0, 0.1) is 6.92 Å². The average molecular weight is 404 g/mol. The lowest BCUT2D eigenvalue weighted by molar-refractivity contribution is 0.0790. The SMILES string of the molecule is Cc1nc(-n2cccc2)sc1C(=O)N1CCC(n2cc(-c3ccccc3)nn2)C1. The Hall–Kier alpha value is -3.26. The van der Waals surface area contributed by atoms with Gasteiger partial charge in [0.2, 0.25) is 0 Å². The molecule has 29 heavy (non-hydrogen) atoms. The first-order valence-corrected chi connectivity index (χ1v) is 10.4. The van der Waals surface area contributed by atoms with E-state index < -0.39 is 0 Å². The van der Waals surface area contributed by atoms with Crippen molar-refractivity contribution in [2.24, 2.45) is 0 Å². The fraction of sp³-hybridized carbons (Fsp3) is 0.238. The zero-order valence-corrected chi connectivity index (χ0v) is 16.8. The van der Waals surface area contributed by atoms with Gasteiger partial charge in [0.05, 0.1) is 17.9 Å². The molecule has 1 aliphatic rings. The molecule has 0 radical (unpaired) electrons. The van der Waals surface area contributed by atoms with Crippen LogP contribution in [0.3, 0.4) is 0 Å². The third-order valence-corrected chi connectivity index (χ3v) is 6.37. The minimum Gasteiger partial charge on any atom is -0.336 e. The van der Waals surface area contributed by atoms with Gasteiger partial charge in [-0.3, -0.25) is 4.79 Å². The minimum absolute atomic E-state index is 0.0457. The lowest BCUT2D eigenvalue weighted by Crippen LogP contribution is -2.29. The Morgan fingerprint density at radius 1 is 1.14 bits per heavy atom. The van der Waals surface area contributed by atoms with E-state index in [2.05, 4.69) is 15.3 Å². The van der Waals surface area contributed by atoms with Crippen molar-refractivity contribution < 1.29 is 4.79 Å². The third kappa shape index (κ3) is 3.36. The third-order valence-electron chi connectivity index (χ3n) is 5.21. The van der Waals surface area contributed by atoms with E-state index in [1.54, 1.807) is 0 Å². The molecular weight excluding hydrogens is 384 g/mol. The second kappa shape index (κ2) is 7.29. The number of carbonyl (C=O) groups excluding carboxylic acids is 1. The molecule has 146 valence electrons. The normalized spacial score (nSPS) is 16.4. The molecule has 7 nitrogen and oxygen atoms in total. The van der Waals surface area contributed by atoms with Crippen LogP contribution in [0.5, 0.6) is 0 Å².